The van der Waals surface area contributed by atoms with Crippen LogP contribution in [0.25, 0.3) is 0 Å². The molecule has 6 heteroatoms. The van der Waals surface area contributed by atoms with Crippen LogP contribution in [0.5, 0.6) is 0 Å². The van der Waals surface area contributed by atoms with Crippen molar-refractivity contribution in [1.29, 1.82) is 0 Å². The first-order chi connectivity index (χ1) is 12.6. The number of ether oxygens (including phenoxy) is 2. The van der Waals surface area contributed by atoms with Gasteiger partial charge in [0, 0.05) is 5.41 Å². The molecule has 2 rings (SSSR count). The van der Waals surface area contributed by atoms with Crippen molar-refractivity contribution in [3.8, 4) is 0 Å². The average molecular weight is 385 g/mol. The van der Waals surface area contributed by atoms with Gasteiger partial charge in [0.2, 0.25) is 0 Å². The predicted molar refractivity (Wildman–Crippen MR) is 101 cm³/mol. The maximum absolute atomic E-state index is 12.4. The van der Waals surface area contributed by atoms with Crippen molar-refractivity contribution < 1.29 is 29.3 Å². The van der Waals surface area contributed by atoms with E-state index in [-0.39, 0.29) is 54.9 Å². The van der Waals surface area contributed by atoms with E-state index in [0.717, 1.165) is 12.8 Å². The first-order valence-corrected chi connectivity index (χ1v) is 10.3. The predicted octanol–water partition coefficient (Wildman–Crippen LogP) is 2.69. The number of hydrogen-bond acceptors (Lipinski definition) is 6. The van der Waals surface area contributed by atoms with Gasteiger partial charge in [0.15, 0.2) is 0 Å². The molecule has 0 amide bonds. The fourth-order valence-electron chi connectivity index (χ4n) is 4.13. The highest BCUT2D eigenvalue weighted by atomic mass is 16.5. The lowest BCUT2D eigenvalue weighted by Crippen LogP contribution is -2.37. The molecule has 2 aliphatic carbocycles. The zero-order valence-corrected chi connectivity index (χ0v) is 17.1. The van der Waals surface area contributed by atoms with E-state index in [2.05, 4.69) is 0 Å². The van der Waals surface area contributed by atoms with Crippen LogP contribution in [0.3, 0.4) is 0 Å². The molecule has 0 bridgehead atoms. The Morgan fingerprint density at radius 3 is 1.93 bits per heavy atom. The first-order valence-electron chi connectivity index (χ1n) is 10.3. The molecule has 27 heavy (non-hydrogen) atoms. The Kier molecular flexibility index (Phi) is 7.69. The van der Waals surface area contributed by atoms with Gasteiger partial charge in [-0.25, -0.2) is 0 Å². The van der Waals surface area contributed by atoms with Crippen LogP contribution in [-0.2, 0) is 19.1 Å². The minimum Gasteiger partial charge on any atom is -0.465 e. The fourth-order valence-corrected chi connectivity index (χ4v) is 4.13. The van der Waals surface area contributed by atoms with Gasteiger partial charge < -0.3 is 19.7 Å². The lowest BCUT2D eigenvalue weighted by molar-refractivity contribution is -0.162. The van der Waals surface area contributed by atoms with E-state index in [1.807, 2.05) is 27.7 Å². The third kappa shape index (κ3) is 6.46. The Hall–Kier alpha value is -1.14. The Morgan fingerprint density at radius 1 is 0.815 bits per heavy atom. The summed E-state index contributed by atoms with van der Waals surface area (Å²) in [6.45, 7) is 8.17. The molecule has 2 N–H and O–H groups in total. The second kappa shape index (κ2) is 9.37. The van der Waals surface area contributed by atoms with Crippen LogP contribution in [0.2, 0.25) is 0 Å². The summed E-state index contributed by atoms with van der Waals surface area (Å²) in [4.78, 5) is 24.8. The summed E-state index contributed by atoms with van der Waals surface area (Å²) in [5.41, 5.74) is -0.473. The molecule has 6 atom stereocenters. The van der Waals surface area contributed by atoms with Gasteiger partial charge >= 0.3 is 11.9 Å². The van der Waals surface area contributed by atoms with Crippen LogP contribution in [0.1, 0.15) is 66.2 Å². The van der Waals surface area contributed by atoms with Crippen LogP contribution in [-0.4, -0.2) is 47.6 Å². The summed E-state index contributed by atoms with van der Waals surface area (Å²) >= 11 is 0. The van der Waals surface area contributed by atoms with Gasteiger partial charge in [0.05, 0.1) is 37.3 Å². The quantitative estimate of drug-likeness (QED) is 0.684. The number of carbonyl (C=O) groups is 2. The Morgan fingerprint density at radius 2 is 1.33 bits per heavy atom. The molecule has 156 valence electrons. The summed E-state index contributed by atoms with van der Waals surface area (Å²) in [5.74, 6) is -0.599. The smallest absolute Gasteiger partial charge is 0.309 e. The molecule has 0 aromatic heterocycles. The van der Waals surface area contributed by atoms with Crippen LogP contribution in [0.15, 0.2) is 0 Å². The van der Waals surface area contributed by atoms with Gasteiger partial charge in [-0.05, 0) is 50.4 Å². The van der Waals surface area contributed by atoms with Crippen molar-refractivity contribution in [2.75, 3.05) is 13.2 Å². The summed E-state index contributed by atoms with van der Waals surface area (Å²) in [6.07, 6.45) is 3.20. The lowest BCUT2D eigenvalue weighted by atomic mass is 9.79. The Bertz CT molecular complexity index is 517. The molecule has 2 saturated carbocycles. The van der Waals surface area contributed by atoms with Gasteiger partial charge in [-0.1, -0.05) is 27.7 Å². The third-order valence-electron chi connectivity index (χ3n) is 6.13. The van der Waals surface area contributed by atoms with Crippen molar-refractivity contribution in [2.24, 2.45) is 29.1 Å². The van der Waals surface area contributed by atoms with Gasteiger partial charge in [-0.3, -0.25) is 9.59 Å². The monoisotopic (exact) mass is 384 g/mol. The second-order valence-corrected chi connectivity index (χ2v) is 9.48. The lowest BCUT2D eigenvalue weighted by Gasteiger charge is -2.33. The molecule has 2 fully saturated rings. The van der Waals surface area contributed by atoms with Crippen molar-refractivity contribution in [1.82, 2.24) is 0 Å². The molecule has 2 aliphatic rings. The molecule has 0 radical (unpaired) electrons. The SMILES string of the molecule is CC1CC(O)CCC1C(=O)OCC(C)(C)COC(=O)C1CC(O)CCC1C. The summed E-state index contributed by atoms with van der Waals surface area (Å²) < 4.78 is 11.0. The molecule has 0 heterocycles. The third-order valence-corrected chi connectivity index (χ3v) is 6.13. The molecule has 0 spiro atoms. The highest BCUT2D eigenvalue weighted by Gasteiger charge is 2.36. The molecular weight excluding hydrogens is 348 g/mol. The normalized spacial score (nSPS) is 34.7. The number of rotatable bonds is 6. The highest BCUT2D eigenvalue weighted by molar-refractivity contribution is 5.73. The van der Waals surface area contributed by atoms with Crippen LogP contribution < -0.4 is 0 Å². The van der Waals surface area contributed by atoms with Gasteiger partial charge in [0.25, 0.3) is 0 Å². The molecule has 0 aliphatic heterocycles. The van der Waals surface area contributed by atoms with E-state index in [4.69, 9.17) is 9.47 Å². The molecule has 6 nitrogen and oxygen atoms in total. The number of aliphatic hydroxyl groups is 2. The van der Waals surface area contributed by atoms with Crippen LogP contribution in [0, 0.1) is 29.1 Å². The van der Waals surface area contributed by atoms with E-state index < -0.39 is 11.5 Å². The summed E-state index contributed by atoms with van der Waals surface area (Å²) in [5, 5.41) is 19.5. The summed E-state index contributed by atoms with van der Waals surface area (Å²) in [6, 6.07) is 0. The maximum Gasteiger partial charge on any atom is 0.309 e. The van der Waals surface area contributed by atoms with Gasteiger partial charge in [-0.2, -0.15) is 0 Å². The first kappa shape index (κ1) is 22.2. The Labute approximate surface area is 162 Å². The fraction of sp³-hybridized carbons (Fsp3) is 0.905. The number of hydrogen-bond donors (Lipinski definition) is 2. The van der Waals surface area contributed by atoms with E-state index >= 15 is 0 Å². The zero-order valence-electron chi connectivity index (χ0n) is 17.1. The van der Waals surface area contributed by atoms with Gasteiger partial charge in [0.1, 0.15) is 0 Å². The van der Waals surface area contributed by atoms with Crippen molar-refractivity contribution in [3.05, 3.63) is 0 Å². The number of esters is 2. The van der Waals surface area contributed by atoms with E-state index in [9.17, 15) is 19.8 Å². The molecule has 0 aromatic rings. The molecule has 0 saturated heterocycles. The van der Waals surface area contributed by atoms with E-state index in [0.29, 0.717) is 25.7 Å². The average Bonchev–Trinajstić information content (AvgIpc) is 2.60. The molecule has 6 unspecified atom stereocenters. The van der Waals surface area contributed by atoms with Crippen LogP contribution >= 0.6 is 0 Å². The van der Waals surface area contributed by atoms with Gasteiger partial charge in [-0.15, -0.1) is 0 Å². The Balaban J connectivity index is 1.77. The number of carbonyl (C=O) groups excluding carboxylic acids is 2. The highest BCUT2D eigenvalue weighted by Crippen LogP contribution is 2.33. The minimum absolute atomic E-state index is 0.112. The summed E-state index contributed by atoms with van der Waals surface area (Å²) in [7, 11) is 0. The minimum atomic E-state index is -0.473. The van der Waals surface area contributed by atoms with E-state index in [1.165, 1.54) is 0 Å². The van der Waals surface area contributed by atoms with Crippen molar-refractivity contribution in [2.45, 2.75) is 78.4 Å². The van der Waals surface area contributed by atoms with Crippen molar-refractivity contribution >= 4 is 11.9 Å². The molecule has 0 aromatic carbocycles. The second-order valence-electron chi connectivity index (χ2n) is 9.48. The van der Waals surface area contributed by atoms with Crippen molar-refractivity contribution in [3.63, 3.8) is 0 Å². The standard InChI is InChI=1S/C21H36O6/c1-13-5-6-16(23)10-18(13)20(25)27-12-21(3,4)11-26-19(24)17-8-7-15(22)9-14(17)2/h13-18,22-23H,5-12H2,1-4H3. The number of aliphatic hydroxyl groups excluding tert-OH is 2. The van der Waals surface area contributed by atoms with Crippen LogP contribution in [0.4, 0.5) is 0 Å². The topological polar surface area (TPSA) is 93.1 Å². The van der Waals surface area contributed by atoms with E-state index in [1.54, 1.807) is 0 Å². The largest absolute Gasteiger partial charge is 0.465 e. The zero-order chi connectivity index (χ0) is 20.2. The molecular formula is C21H36O6. The maximum atomic E-state index is 12.4.